The zero-order valence-corrected chi connectivity index (χ0v) is 15.9. The second-order valence-electron chi connectivity index (χ2n) is 6.44. The van der Waals surface area contributed by atoms with E-state index < -0.39 is 17.6 Å². The third-order valence-corrected chi connectivity index (χ3v) is 4.73. The van der Waals surface area contributed by atoms with Gasteiger partial charge in [0.15, 0.2) is 5.84 Å². The van der Waals surface area contributed by atoms with Crippen LogP contribution in [0.5, 0.6) is 5.75 Å². The van der Waals surface area contributed by atoms with Crippen molar-refractivity contribution in [2.75, 3.05) is 0 Å². The molecular formula is C21H16ClF3N2O2. The number of halogens is 4. The van der Waals surface area contributed by atoms with Crippen molar-refractivity contribution in [1.82, 2.24) is 0 Å². The lowest BCUT2D eigenvalue weighted by Gasteiger charge is -2.20. The lowest BCUT2D eigenvalue weighted by Crippen LogP contribution is -2.17. The molecule has 0 radical (unpaired) electrons. The number of aryl methyl sites for hydroxylation is 1. The molecule has 0 unspecified atom stereocenters. The first kappa shape index (κ1) is 20.5. The normalized spacial score (nSPS) is 12.2. The number of hydrogen-bond acceptors (Lipinski definition) is 3. The van der Waals surface area contributed by atoms with E-state index in [1.54, 1.807) is 25.1 Å². The molecule has 29 heavy (non-hydrogen) atoms. The van der Waals surface area contributed by atoms with Gasteiger partial charge in [-0.3, -0.25) is 0 Å². The van der Waals surface area contributed by atoms with Crippen LogP contribution in [0.1, 0.15) is 16.7 Å². The fourth-order valence-electron chi connectivity index (χ4n) is 3.08. The maximum atomic E-state index is 13.6. The summed E-state index contributed by atoms with van der Waals surface area (Å²) in [7, 11) is 0. The molecule has 0 amide bonds. The van der Waals surface area contributed by atoms with Crippen LogP contribution < -0.4 is 5.73 Å². The lowest BCUT2D eigenvalue weighted by atomic mass is 9.86. The van der Waals surface area contributed by atoms with Crippen molar-refractivity contribution in [2.24, 2.45) is 10.9 Å². The molecule has 0 aliphatic carbocycles. The third-order valence-electron chi connectivity index (χ3n) is 4.50. The molecule has 0 aromatic heterocycles. The van der Waals surface area contributed by atoms with Gasteiger partial charge in [0.05, 0.1) is 5.56 Å². The van der Waals surface area contributed by atoms with Gasteiger partial charge in [-0.1, -0.05) is 35.0 Å². The molecule has 0 spiro atoms. The van der Waals surface area contributed by atoms with Gasteiger partial charge in [-0.15, -0.1) is 0 Å². The summed E-state index contributed by atoms with van der Waals surface area (Å²) >= 11 is 6.13. The molecule has 0 bridgehead atoms. The van der Waals surface area contributed by atoms with E-state index in [2.05, 4.69) is 5.16 Å². The number of hydrogen-bond donors (Lipinski definition) is 3. The molecule has 3 aromatic carbocycles. The van der Waals surface area contributed by atoms with Gasteiger partial charge < -0.3 is 16.0 Å². The molecule has 8 heteroatoms. The van der Waals surface area contributed by atoms with Crippen molar-refractivity contribution in [3.05, 3.63) is 76.3 Å². The second kappa shape index (κ2) is 7.67. The van der Waals surface area contributed by atoms with Crippen molar-refractivity contribution < 1.29 is 23.5 Å². The molecule has 0 aliphatic rings. The van der Waals surface area contributed by atoms with Gasteiger partial charge in [0.1, 0.15) is 5.75 Å². The number of amidine groups is 1. The van der Waals surface area contributed by atoms with Crippen molar-refractivity contribution in [1.29, 1.82) is 0 Å². The molecule has 3 aromatic rings. The van der Waals surface area contributed by atoms with E-state index in [1.807, 2.05) is 0 Å². The average Bonchev–Trinajstić information content (AvgIpc) is 2.68. The molecule has 4 N–H and O–H groups in total. The number of oxime groups is 1. The number of benzene rings is 3. The Morgan fingerprint density at radius 2 is 1.66 bits per heavy atom. The van der Waals surface area contributed by atoms with E-state index in [0.717, 1.165) is 17.7 Å². The van der Waals surface area contributed by atoms with Crippen LogP contribution in [-0.4, -0.2) is 16.1 Å². The maximum absolute atomic E-state index is 13.6. The number of nitrogens with zero attached hydrogens (tertiary/aromatic N) is 1. The lowest BCUT2D eigenvalue weighted by molar-refractivity contribution is -0.137. The summed E-state index contributed by atoms with van der Waals surface area (Å²) in [4.78, 5) is 0. The van der Waals surface area contributed by atoms with E-state index in [9.17, 15) is 23.5 Å². The number of nitrogens with two attached hydrogens (primary N) is 1. The van der Waals surface area contributed by atoms with Crippen LogP contribution in [0.4, 0.5) is 13.2 Å². The molecule has 150 valence electrons. The predicted molar refractivity (Wildman–Crippen MR) is 106 cm³/mol. The van der Waals surface area contributed by atoms with Gasteiger partial charge in [-0.2, -0.15) is 13.2 Å². The topological polar surface area (TPSA) is 78.8 Å². The summed E-state index contributed by atoms with van der Waals surface area (Å²) in [6.45, 7) is 1.78. The summed E-state index contributed by atoms with van der Waals surface area (Å²) in [5, 5.41) is 22.1. The molecule has 0 fully saturated rings. The number of alkyl halides is 3. The summed E-state index contributed by atoms with van der Waals surface area (Å²) in [6.07, 6.45) is -4.65. The molecule has 4 nitrogen and oxygen atoms in total. The van der Waals surface area contributed by atoms with E-state index in [1.165, 1.54) is 24.3 Å². The smallest absolute Gasteiger partial charge is 0.416 e. The fourth-order valence-corrected chi connectivity index (χ4v) is 3.26. The zero-order chi connectivity index (χ0) is 21.3. The van der Waals surface area contributed by atoms with Crippen LogP contribution in [0.25, 0.3) is 22.3 Å². The van der Waals surface area contributed by atoms with Crippen molar-refractivity contribution >= 4 is 17.4 Å². The second-order valence-corrected chi connectivity index (χ2v) is 6.87. The summed E-state index contributed by atoms with van der Waals surface area (Å²) in [6, 6.07) is 12.6. The summed E-state index contributed by atoms with van der Waals surface area (Å²) in [5.41, 5.74) is 6.94. The highest BCUT2D eigenvalue weighted by atomic mass is 35.5. The molecule has 0 atom stereocenters. The predicted octanol–water partition coefficient (Wildman–Crippen LogP) is 5.80. The van der Waals surface area contributed by atoms with Crippen molar-refractivity contribution in [3.63, 3.8) is 0 Å². The van der Waals surface area contributed by atoms with E-state index in [4.69, 9.17) is 17.3 Å². The van der Waals surface area contributed by atoms with E-state index in [0.29, 0.717) is 21.7 Å². The van der Waals surface area contributed by atoms with Crippen molar-refractivity contribution in [2.45, 2.75) is 13.1 Å². The first-order valence-corrected chi connectivity index (χ1v) is 8.78. The fraction of sp³-hybridized carbons (Fsp3) is 0.0952. The van der Waals surface area contributed by atoms with Gasteiger partial charge in [0.2, 0.25) is 0 Å². The number of aromatic hydroxyl groups is 1. The molecule has 0 heterocycles. The zero-order valence-electron chi connectivity index (χ0n) is 15.1. The maximum Gasteiger partial charge on any atom is 0.416 e. The highest BCUT2D eigenvalue weighted by Crippen LogP contribution is 2.42. The Morgan fingerprint density at radius 3 is 2.24 bits per heavy atom. The van der Waals surface area contributed by atoms with Gasteiger partial charge in [-0.25, -0.2) is 0 Å². The van der Waals surface area contributed by atoms with Crippen LogP contribution in [0.15, 0.2) is 59.8 Å². The Balaban J connectivity index is 2.49. The summed E-state index contributed by atoms with van der Waals surface area (Å²) < 4.78 is 40.7. The highest BCUT2D eigenvalue weighted by Gasteiger charge is 2.33. The minimum atomic E-state index is -4.65. The third kappa shape index (κ3) is 4.14. The first-order valence-electron chi connectivity index (χ1n) is 8.41. The van der Waals surface area contributed by atoms with Crippen LogP contribution in [0, 0.1) is 6.92 Å². The van der Waals surface area contributed by atoms with Crippen molar-refractivity contribution in [3.8, 4) is 28.0 Å². The summed E-state index contributed by atoms with van der Waals surface area (Å²) in [5.74, 6) is -0.497. The number of phenolic OH excluding ortho intramolecular Hbond substituents is 1. The standard InChI is InChI=1S/C21H16ClF3N2O2/c1-11-2-5-14(22)10-16(11)19-17(12-3-6-15(28)7-4-12)8-13(21(23,24)25)9-18(19)20(26)27-29/h2-10,28-29H,1H3,(H2,26,27). The van der Waals surface area contributed by atoms with Gasteiger partial charge >= 0.3 is 6.18 Å². The Bertz CT molecular complexity index is 1090. The monoisotopic (exact) mass is 420 g/mol. The minimum absolute atomic E-state index is 0.0297. The molecule has 0 aliphatic heterocycles. The van der Waals surface area contributed by atoms with Gasteiger partial charge in [0.25, 0.3) is 0 Å². The van der Waals surface area contributed by atoms with Gasteiger partial charge in [0, 0.05) is 16.1 Å². The van der Waals surface area contributed by atoms with Crippen LogP contribution >= 0.6 is 11.6 Å². The van der Waals surface area contributed by atoms with Gasteiger partial charge in [-0.05, 0) is 65.6 Å². The van der Waals surface area contributed by atoms with E-state index >= 15 is 0 Å². The quantitative estimate of drug-likeness (QED) is 0.217. The number of phenols is 1. The minimum Gasteiger partial charge on any atom is -0.508 e. The molecular weight excluding hydrogens is 405 g/mol. The van der Waals surface area contributed by atoms with Crippen LogP contribution in [0.2, 0.25) is 5.02 Å². The molecule has 3 rings (SSSR count). The SMILES string of the molecule is Cc1ccc(Cl)cc1-c1c(C(N)=NO)cc(C(F)(F)F)cc1-c1ccc(O)cc1. The average molecular weight is 421 g/mol. The first-order chi connectivity index (χ1) is 13.6. The Kier molecular flexibility index (Phi) is 5.44. The van der Waals surface area contributed by atoms with Crippen LogP contribution in [0.3, 0.4) is 0 Å². The molecule has 0 saturated carbocycles. The molecule has 0 saturated heterocycles. The Morgan fingerprint density at radius 1 is 1.00 bits per heavy atom. The Hall–Kier alpha value is -3.19. The highest BCUT2D eigenvalue weighted by molar-refractivity contribution is 6.31. The van der Waals surface area contributed by atoms with Crippen LogP contribution in [-0.2, 0) is 6.18 Å². The van der Waals surface area contributed by atoms with E-state index in [-0.39, 0.29) is 16.9 Å². The Labute approximate surface area is 169 Å². The largest absolute Gasteiger partial charge is 0.508 e. The number of rotatable bonds is 3.